The number of anilines is 1. The lowest BCUT2D eigenvalue weighted by molar-refractivity contribution is -0.384. The lowest BCUT2D eigenvalue weighted by Gasteiger charge is -2.09. The molecule has 0 unspecified atom stereocenters. The second-order valence-corrected chi connectivity index (χ2v) is 7.31. The number of hydrogen-bond donors (Lipinski definition) is 1. The molecule has 0 saturated carbocycles. The SMILES string of the molecule is Cc1nn(-c2cc(Oc3ccc(NC(=O)c4cccc([N+](=O)[O-])c4)cc3)ncn2)c(C)c1C. The van der Waals surface area contributed by atoms with Gasteiger partial charge in [0.15, 0.2) is 5.82 Å². The summed E-state index contributed by atoms with van der Waals surface area (Å²) < 4.78 is 7.57. The van der Waals surface area contributed by atoms with Crippen molar-refractivity contribution in [1.29, 1.82) is 0 Å². The van der Waals surface area contributed by atoms with E-state index < -0.39 is 10.8 Å². The van der Waals surface area contributed by atoms with Crippen molar-refractivity contribution in [3.8, 4) is 17.4 Å². The lowest BCUT2D eigenvalue weighted by Crippen LogP contribution is -2.12. The molecule has 33 heavy (non-hydrogen) atoms. The summed E-state index contributed by atoms with van der Waals surface area (Å²) in [6, 6.07) is 13.9. The van der Waals surface area contributed by atoms with Gasteiger partial charge in [0.25, 0.3) is 11.6 Å². The molecule has 2 heterocycles. The average molecular weight is 444 g/mol. The predicted octanol–water partition coefficient (Wildman–Crippen LogP) is 4.54. The highest BCUT2D eigenvalue weighted by Gasteiger charge is 2.13. The van der Waals surface area contributed by atoms with Crippen molar-refractivity contribution >= 4 is 17.3 Å². The van der Waals surface area contributed by atoms with Gasteiger partial charge >= 0.3 is 0 Å². The number of amides is 1. The topological polar surface area (TPSA) is 125 Å². The number of hydrogen-bond acceptors (Lipinski definition) is 7. The van der Waals surface area contributed by atoms with Crippen LogP contribution in [0.5, 0.6) is 11.6 Å². The summed E-state index contributed by atoms with van der Waals surface area (Å²) in [5.74, 6) is 0.999. The number of benzene rings is 2. The number of nitro groups is 1. The number of nitrogens with zero attached hydrogens (tertiary/aromatic N) is 5. The van der Waals surface area contributed by atoms with E-state index >= 15 is 0 Å². The van der Waals surface area contributed by atoms with Gasteiger partial charge in [-0.1, -0.05) is 6.07 Å². The van der Waals surface area contributed by atoms with Gasteiger partial charge in [0.2, 0.25) is 5.88 Å². The molecule has 10 heteroatoms. The van der Waals surface area contributed by atoms with Gasteiger partial charge in [-0.05, 0) is 56.7 Å². The van der Waals surface area contributed by atoms with Crippen molar-refractivity contribution in [3.63, 3.8) is 0 Å². The standard InChI is InChI=1S/C23H20N6O4/c1-14-15(2)27-28(16(14)3)21-12-22(25-13-24-21)33-20-9-7-18(8-10-20)26-23(30)17-5-4-6-19(11-17)29(31)32/h4-13H,1-3H3,(H,26,30). The summed E-state index contributed by atoms with van der Waals surface area (Å²) in [6.45, 7) is 5.92. The Kier molecular flexibility index (Phi) is 5.81. The smallest absolute Gasteiger partial charge is 0.270 e. The van der Waals surface area contributed by atoms with Gasteiger partial charge < -0.3 is 10.1 Å². The van der Waals surface area contributed by atoms with Crippen LogP contribution in [0.1, 0.15) is 27.3 Å². The molecule has 166 valence electrons. The maximum absolute atomic E-state index is 12.4. The normalized spacial score (nSPS) is 10.6. The van der Waals surface area contributed by atoms with E-state index in [0.29, 0.717) is 23.1 Å². The number of aromatic nitrogens is 4. The van der Waals surface area contributed by atoms with Gasteiger partial charge in [-0.25, -0.2) is 14.6 Å². The molecule has 0 radical (unpaired) electrons. The Labute approximate surface area is 189 Å². The fourth-order valence-electron chi connectivity index (χ4n) is 3.14. The van der Waals surface area contributed by atoms with E-state index in [1.54, 1.807) is 35.0 Å². The first kappa shape index (κ1) is 21.6. The number of aryl methyl sites for hydroxylation is 1. The molecule has 4 rings (SSSR count). The molecule has 0 aliphatic rings. The third-order valence-corrected chi connectivity index (χ3v) is 5.15. The van der Waals surface area contributed by atoms with Crippen LogP contribution in [0.15, 0.2) is 60.9 Å². The number of carbonyl (C=O) groups excluding carboxylic acids is 1. The molecule has 0 bridgehead atoms. The zero-order chi connectivity index (χ0) is 23.5. The van der Waals surface area contributed by atoms with Crippen molar-refractivity contribution in [2.24, 2.45) is 0 Å². The van der Waals surface area contributed by atoms with E-state index in [-0.39, 0.29) is 11.3 Å². The van der Waals surface area contributed by atoms with Crippen molar-refractivity contribution in [2.45, 2.75) is 20.8 Å². The van der Waals surface area contributed by atoms with Crippen LogP contribution in [-0.4, -0.2) is 30.6 Å². The number of non-ortho nitro benzene ring substituents is 1. The molecule has 10 nitrogen and oxygen atoms in total. The second-order valence-electron chi connectivity index (χ2n) is 7.31. The van der Waals surface area contributed by atoms with Gasteiger partial charge in [0.05, 0.1) is 10.6 Å². The van der Waals surface area contributed by atoms with E-state index in [1.165, 1.54) is 30.6 Å². The number of carbonyl (C=O) groups is 1. The highest BCUT2D eigenvalue weighted by Crippen LogP contribution is 2.24. The minimum atomic E-state index is -0.544. The van der Waals surface area contributed by atoms with Crippen LogP contribution in [0.4, 0.5) is 11.4 Å². The first-order chi connectivity index (χ1) is 15.8. The van der Waals surface area contributed by atoms with Crippen molar-refractivity contribution in [3.05, 3.63) is 93.6 Å². The minimum absolute atomic E-state index is 0.147. The molecule has 0 saturated heterocycles. The van der Waals surface area contributed by atoms with Gasteiger partial charge in [-0.3, -0.25) is 14.9 Å². The Balaban J connectivity index is 1.46. The highest BCUT2D eigenvalue weighted by molar-refractivity contribution is 6.04. The van der Waals surface area contributed by atoms with Gasteiger partial charge in [-0.15, -0.1) is 0 Å². The Morgan fingerprint density at radius 3 is 2.48 bits per heavy atom. The summed E-state index contributed by atoms with van der Waals surface area (Å²) in [7, 11) is 0. The molecule has 1 N–H and O–H groups in total. The maximum Gasteiger partial charge on any atom is 0.270 e. The molecule has 0 fully saturated rings. The average Bonchev–Trinajstić information content (AvgIpc) is 3.08. The third-order valence-electron chi connectivity index (χ3n) is 5.15. The number of nitrogens with one attached hydrogen (secondary N) is 1. The molecule has 0 atom stereocenters. The summed E-state index contributed by atoms with van der Waals surface area (Å²) in [4.78, 5) is 31.2. The molecule has 2 aromatic heterocycles. The Morgan fingerprint density at radius 2 is 1.82 bits per heavy atom. The van der Waals surface area contributed by atoms with Gasteiger partial charge in [-0.2, -0.15) is 5.10 Å². The molecule has 0 aliphatic heterocycles. The predicted molar refractivity (Wildman–Crippen MR) is 121 cm³/mol. The van der Waals surface area contributed by atoms with Crippen molar-refractivity contribution < 1.29 is 14.5 Å². The zero-order valence-electron chi connectivity index (χ0n) is 18.1. The molecular formula is C23H20N6O4. The summed E-state index contributed by atoms with van der Waals surface area (Å²) in [5.41, 5.74) is 3.57. The summed E-state index contributed by atoms with van der Waals surface area (Å²) in [6.07, 6.45) is 1.41. The molecule has 2 aromatic carbocycles. The lowest BCUT2D eigenvalue weighted by atomic mass is 10.2. The Bertz CT molecular complexity index is 1350. The maximum atomic E-state index is 12.4. The van der Waals surface area contributed by atoms with E-state index in [0.717, 1.165) is 17.0 Å². The summed E-state index contributed by atoms with van der Waals surface area (Å²) in [5, 5.41) is 18.1. The third kappa shape index (κ3) is 4.69. The summed E-state index contributed by atoms with van der Waals surface area (Å²) >= 11 is 0. The fourth-order valence-corrected chi connectivity index (χ4v) is 3.14. The monoisotopic (exact) mass is 444 g/mol. The van der Waals surface area contributed by atoms with E-state index in [2.05, 4.69) is 20.4 Å². The number of nitro benzene ring substituents is 1. The molecule has 4 aromatic rings. The van der Waals surface area contributed by atoms with Crippen molar-refractivity contribution in [1.82, 2.24) is 19.7 Å². The van der Waals surface area contributed by atoms with Gasteiger partial charge in [0, 0.05) is 35.1 Å². The highest BCUT2D eigenvalue weighted by atomic mass is 16.6. The number of ether oxygens (including phenoxy) is 1. The molecule has 0 spiro atoms. The first-order valence-electron chi connectivity index (χ1n) is 10.0. The largest absolute Gasteiger partial charge is 0.439 e. The fraction of sp³-hybridized carbons (Fsp3) is 0.130. The van der Waals surface area contributed by atoms with Crippen LogP contribution in [0.3, 0.4) is 0 Å². The van der Waals surface area contributed by atoms with Crippen LogP contribution >= 0.6 is 0 Å². The van der Waals surface area contributed by atoms with E-state index in [1.807, 2.05) is 20.8 Å². The Morgan fingerprint density at radius 1 is 1.06 bits per heavy atom. The molecular weight excluding hydrogens is 424 g/mol. The number of rotatable bonds is 6. The van der Waals surface area contributed by atoms with Crippen LogP contribution in [0.25, 0.3) is 5.82 Å². The molecule has 1 amide bonds. The van der Waals surface area contributed by atoms with Gasteiger partial charge in [0.1, 0.15) is 12.1 Å². The first-order valence-corrected chi connectivity index (χ1v) is 10.0. The molecule has 0 aliphatic carbocycles. The second kappa shape index (κ2) is 8.87. The van der Waals surface area contributed by atoms with Crippen LogP contribution in [0.2, 0.25) is 0 Å². The Hall–Kier alpha value is -4.60. The van der Waals surface area contributed by atoms with E-state index in [9.17, 15) is 14.9 Å². The van der Waals surface area contributed by atoms with Crippen LogP contribution < -0.4 is 10.1 Å². The van der Waals surface area contributed by atoms with Crippen LogP contribution in [-0.2, 0) is 0 Å². The van der Waals surface area contributed by atoms with E-state index in [4.69, 9.17) is 4.74 Å². The van der Waals surface area contributed by atoms with Crippen molar-refractivity contribution in [2.75, 3.05) is 5.32 Å². The zero-order valence-corrected chi connectivity index (χ0v) is 18.1. The quantitative estimate of drug-likeness (QED) is 0.342. The van der Waals surface area contributed by atoms with Crippen LogP contribution in [0, 0.1) is 30.9 Å². The minimum Gasteiger partial charge on any atom is -0.439 e.